The molecular weight excluding hydrogens is 406 g/mol. The van der Waals surface area contributed by atoms with Gasteiger partial charge in [0.2, 0.25) is 10.0 Å². The number of sulfonamides is 1. The Balaban J connectivity index is 1.72. The Morgan fingerprint density at radius 1 is 0.900 bits per heavy atom. The van der Waals surface area contributed by atoms with Crippen molar-refractivity contribution in [2.75, 3.05) is 27.3 Å². The number of Topliss-reactive ketones (excluding diaryl/α,β-unsaturated/α-hetero) is 1. The van der Waals surface area contributed by atoms with Crippen molar-refractivity contribution in [1.82, 2.24) is 4.31 Å². The van der Waals surface area contributed by atoms with Crippen molar-refractivity contribution in [1.29, 1.82) is 0 Å². The molecule has 8 heteroatoms. The predicted octanol–water partition coefficient (Wildman–Crippen LogP) is 3.14. The van der Waals surface area contributed by atoms with Gasteiger partial charge < -0.3 is 9.47 Å². The third-order valence-electron chi connectivity index (χ3n) is 4.60. The molecule has 0 N–H and O–H groups in total. The van der Waals surface area contributed by atoms with Crippen LogP contribution in [0.25, 0.3) is 0 Å². The topological polar surface area (TPSA) is 90.0 Å². The van der Waals surface area contributed by atoms with Crippen LogP contribution in [0.5, 0.6) is 5.75 Å². The van der Waals surface area contributed by atoms with E-state index in [4.69, 9.17) is 9.47 Å². The number of esters is 1. The van der Waals surface area contributed by atoms with Gasteiger partial charge in [-0.05, 0) is 55.3 Å². The van der Waals surface area contributed by atoms with Gasteiger partial charge in [0.1, 0.15) is 19.0 Å². The minimum Gasteiger partial charge on any atom is -0.490 e. The number of carbonyl (C=O) groups excluding carboxylic acids is 2. The highest BCUT2D eigenvalue weighted by Gasteiger charge is 2.16. The van der Waals surface area contributed by atoms with E-state index in [1.165, 1.54) is 26.2 Å². The van der Waals surface area contributed by atoms with Crippen molar-refractivity contribution in [3.8, 4) is 5.75 Å². The second kappa shape index (κ2) is 10.4. The number of carbonyl (C=O) groups is 2. The molecule has 0 aromatic heterocycles. The van der Waals surface area contributed by atoms with Gasteiger partial charge in [-0.2, -0.15) is 0 Å². The second-order valence-electron chi connectivity index (χ2n) is 7.05. The van der Waals surface area contributed by atoms with E-state index in [-0.39, 0.29) is 36.7 Å². The summed E-state index contributed by atoms with van der Waals surface area (Å²) in [6, 6.07) is 11.5. The van der Waals surface area contributed by atoms with Gasteiger partial charge in [0.05, 0.1) is 11.3 Å². The summed E-state index contributed by atoms with van der Waals surface area (Å²) in [7, 11) is -0.564. The number of hydrogen-bond donors (Lipinski definition) is 0. The average molecular weight is 434 g/mol. The molecule has 0 unspecified atom stereocenters. The van der Waals surface area contributed by atoms with Crippen molar-refractivity contribution in [3.63, 3.8) is 0 Å². The van der Waals surface area contributed by atoms with Crippen LogP contribution in [0.1, 0.15) is 34.3 Å². The first kappa shape index (κ1) is 23.6. The van der Waals surface area contributed by atoms with Crippen LogP contribution in [0.2, 0.25) is 0 Å². The molecule has 0 heterocycles. The van der Waals surface area contributed by atoms with Crippen LogP contribution in [0.3, 0.4) is 0 Å². The van der Waals surface area contributed by atoms with Crippen molar-refractivity contribution in [2.24, 2.45) is 0 Å². The minimum absolute atomic E-state index is 0.00283. The van der Waals surface area contributed by atoms with E-state index < -0.39 is 16.0 Å². The van der Waals surface area contributed by atoms with E-state index in [0.717, 1.165) is 15.4 Å². The van der Waals surface area contributed by atoms with E-state index in [9.17, 15) is 18.0 Å². The summed E-state index contributed by atoms with van der Waals surface area (Å²) in [4.78, 5) is 24.2. The molecule has 2 aromatic carbocycles. The van der Waals surface area contributed by atoms with Crippen LogP contribution in [0.15, 0.2) is 47.4 Å². The van der Waals surface area contributed by atoms with Gasteiger partial charge in [0.25, 0.3) is 0 Å². The Labute approximate surface area is 177 Å². The van der Waals surface area contributed by atoms with E-state index >= 15 is 0 Å². The molecule has 0 aliphatic carbocycles. The van der Waals surface area contributed by atoms with E-state index in [0.29, 0.717) is 11.3 Å². The lowest BCUT2D eigenvalue weighted by atomic mass is 10.0. The monoisotopic (exact) mass is 433 g/mol. The van der Waals surface area contributed by atoms with Crippen LogP contribution >= 0.6 is 0 Å². The fourth-order valence-corrected chi connectivity index (χ4v) is 3.48. The molecular formula is C22H27NO6S. The summed E-state index contributed by atoms with van der Waals surface area (Å²) in [5.41, 5.74) is 2.74. The molecule has 30 heavy (non-hydrogen) atoms. The predicted molar refractivity (Wildman–Crippen MR) is 113 cm³/mol. The van der Waals surface area contributed by atoms with Crippen LogP contribution < -0.4 is 4.74 Å². The van der Waals surface area contributed by atoms with Gasteiger partial charge in [-0.1, -0.05) is 12.1 Å². The highest BCUT2D eigenvalue weighted by atomic mass is 32.2. The summed E-state index contributed by atoms with van der Waals surface area (Å²) in [6.45, 7) is 4.07. The van der Waals surface area contributed by atoms with Crippen LogP contribution in [-0.2, 0) is 19.6 Å². The van der Waals surface area contributed by atoms with Crippen LogP contribution in [-0.4, -0.2) is 51.8 Å². The quantitative estimate of drug-likeness (QED) is 0.325. The highest BCUT2D eigenvalue weighted by molar-refractivity contribution is 7.89. The number of rotatable bonds is 10. The lowest BCUT2D eigenvalue weighted by Crippen LogP contribution is -2.22. The molecule has 0 saturated heterocycles. The fourth-order valence-electron chi connectivity index (χ4n) is 2.58. The Morgan fingerprint density at radius 2 is 1.57 bits per heavy atom. The Morgan fingerprint density at radius 3 is 2.17 bits per heavy atom. The van der Waals surface area contributed by atoms with Crippen molar-refractivity contribution in [2.45, 2.75) is 31.6 Å². The first-order valence-corrected chi connectivity index (χ1v) is 11.0. The molecule has 0 aliphatic rings. The maximum atomic E-state index is 12.2. The molecule has 2 aromatic rings. The number of hydrogen-bond acceptors (Lipinski definition) is 6. The molecule has 0 bridgehead atoms. The molecule has 162 valence electrons. The number of benzene rings is 2. The lowest BCUT2D eigenvalue weighted by Gasteiger charge is -2.12. The maximum absolute atomic E-state index is 12.2. The third kappa shape index (κ3) is 6.40. The molecule has 2 rings (SSSR count). The first-order chi connectivity index (χ1) is 14.1. The Kier molecular flexibility index (Phi) is 8.14. The molecule has 0 fully saturated rings. The first-order valence-electron chi connectivity index (χ1n) is 9.52. The van der Waals surface area contributed by atoms with Crippen LogP contribution in [0.4, 0.5) is 0 Å². The SMILES string of the molecule is Cc1ccc(C(=O)CCC(=O)OCCOc2ccc(S(=O)(=O)N(C)C)cc2)cc1C. The van der Waals surface area contributed by atoms with Gasteiger partial charge in [-0.3, -0.25) is 9.59 Å². The average Bonchev–Trinajstić information content (AvgIpc) is 2.71. The summed E-state index contributed by atoms with van der Waals surface area (Å²) < 4.78 is 35.7. The van der Waals surface area contributed by atoms with Crippen LogP contribution in [0, 0.1) is 13.8 Å². The number of aryl methyl sites for hydroxylation is 2. The smallest absolute Gasteiger partial charge is 0.306 e. The fraction of sp³-hybridized carbons (Fsp3) is 0.364. The Bertz CT molecular complexity index is 997. The van der Waals surface area contributed by atoms with Gasteiger partial charge in [-0.25, -0.2) is 12.7 Å². The largest absolute Gasteiger partial charge is 0.490 e. The lowest BCUT2D eigenvalue weighted by molar-refractivity contribution is -0.144. The maximum Gasteiger partial charge on any atom is 0.306 e. The molecule has 0 amide bonds. The zero-order chi connectivity index (χ0) is 22.3. The molecule has 0 aliphatic heterocycles. The minimum atomic E-state index is -3.49. The molecule has 0 spiro atoms. The van der Waals surface area contributed by atoms with Gasteiger partial charge >= 0.3 is 5.97 Å². The third-order valence-corrected chi connectivity index (χ3v) is 6.43. The van der Waals surface area contributed by atoms with Crippen molar-refractivity contribution in [3.05, 3.63) is 59.2 Å². The summed E-state index contributed by atoms with van der Waals surface area (Å²) in [5, 5.41) is 0. The highest BCUT2D eigenvalue weighted by Crippen LogP contribution is 2.18. The van der Waals surface area contributed by atoms with Gasteiger partial charge in [0.15, 0.2) is 5.78 Å². The molecule has 0 saturated carbocycles. The zero-order valence-corrected chi connectivity index (χ0v) is 18.5. The summed E-state index contributed by atoms with van der Waals surface area (Å²) >= 11 is 0. The van der Waals surface area contributed by atoms with Gasteiger partial charge in [-0.15, -0.1) is 0 Å². The standard InChI is InChI=1S/C22H27NO6S/c1-16-5-6-18(15-17(16)2)21(24)11-12-22(25)29-14-13-28-19-7-9-20(10-8-19)30(26,27)23(3)4/h5-10,15H,11-14H2,1-4H3. The normalized spacial score (nSPS) is 11.4. The van der Waals surface area contributed by atoms with E-state index in [1.807, 2.05) is 26.0 Å². The summed E-state index contributed by atoms with van der Waals surface area (Å²) in [6.07, 6.45) is 0.0901. The Hall–Kier alpha value is -2.71. The number of ketones is 1. The molecule has 0 radical (unpaired) electrons. The van der Waals surface area contributed by atoms with E-state index in [2.05, 4.69) is 0 Å². The number of ether oxygens (including phenoxy) is 2. The van der Waals surface area contributed by atoms with Crippen molar-refractivity contribution >= 4 is 21.8 Å². The molecule has 0 atom stereocenters. The van der Waals surface area contributed by atoms with E-state index in [1.54, 1.807) is 18.2 Å². The second-order valence-corrected chi connectivity index (χ2v) is 9.20. The van der Waals surface area contributed by atoms with Crippen molar-refractivity contribution < 1.29 is 27.5 Å². The van der Waals surface area contributed by atoms with Gasteiger partial charge in [0, 0.05) is 26.1 Å². The summed E-state index contributed by atoms with van der Waals surface area (Å²) in [5.74, 6) is -0.101. The zero-order valence-electron chi connectivity index (χ0n) is 17.7. The number of nitrogens with zero attached hydrogens (tertiary/aromatic N) is 1. The molecule has 7 nitrogen and oxygen atoms in total.